The third-order valence-electron chi connectivity index (χ3n) is 5.08. The van der Waals surface area contributed by atoms with Crippen LogP contribution in [0.1, 0.15) is 81.1 Å². The van der Waals surface area contributed by atoms with Crippen LogP contribution < -0.4 is 21.3 Å². The lowest BCUT2D eigenvalue weighted by Crippen LogP contribution is -2.55. The van der Waals surface area contributed by atoms with E-state index in [4.69, 9.17) is 0 Å². The molecule has 0 bridgehead atoms. The van der Waals surface area contributed by atoms with Crippen molar-refractivity contribution in [2.24, 2.45) is 11.8 Å². The predicted molar refractivity (Wildman–Crippen MR) is 133 cm³/mol. The van der Waals surface area contributed by atoms with E-state index in [-0.39, 0.29) is 41.5 Å². The normalized spacial score (nSPS) is 14.4. The van der Waals surface area contributed by atoms with Crippen molar-refractivity contribution >= 4 is 23.5 Å². The molecule has 0 aromatic carbocycles. The Balaban J connectivity index is 4.90. The van der Waals surface area contributed by atoms with E-state index in [1.54, 1.807) is 33.8 Å². The lowest BCUT2D eigenvalue weighted by atomic mass is 9.96. The van der Waals surface area contributed by atoms with Crippen LogP contribution >= 0.6 is 0 Å². The van der Waals surface area contributed by atoms with Gasteiger partial charge in [-0.2, -0.15) is 0 Å². The third-order valence-corrected chi connectivity index (χ3v) is 5.08. The van der Waals surface area contributed by atoms with Crippen molar-refractivity contribution in [3.05, 3.63) is 12.2 Å². The number of carbonyl (C=O) groups excluding carboxylic acids is 4. The molecular weight excluding hydrogens is 420 g/mol. The van der Waals surface area contributed by atoms with Crippen molar-refractivity contribution in [2.45, 2.75) is 105 Å². The maximum absolute atomic E-state index is 12.8. The first-order valence-corrected chi connectivity index (χ1v) is 12.2. The van der Waals surface area contributed by atoms with Gasteiger partial charge in [-0.1, -0.05) is 47.6 Å². The number of rotatable bonds is 16. The Morgan fingerprint density at radius 2 is 1.45 bits per heavy atom. The molecule has 0 aliphatic carbocycles. The average Bonchev–Trinajstić information content (AvgIpc) is 2.70. The van der Waals surface area contributed by atoms with Gasteiger partial charge in [0, 0.05) is 18.5 Å². The van der Waals surface area contributed by atoms with Gasteiger partial charge in [-0.15, -0.1) is 0 Å². The number of allylic oxidation sites excluding steroid dienone is 1. The SMILES string of the molecule is C/C=C/C(=O)NCCCC[C@H](NC(=O)C(C)NC(=O)[C@H](CC(C)C)NC(C)C)C(=O)C(C)C. The molecule has 3 atom stereocenters. The molecule has 0 aliphatic rings. The van der Waals surface area contributed by atoms with Crippen LogP contribution in [0.25, 0.3) is 0 Å². The molecule has 0 saturated heterocycles. The standard InChI is InChI=1S/C25H46N4O4/c1-9-12-22(30)26-14-11-10-13-20(23(31)17(4)5)29-24(32)19(8)28-25(33)21(15-16(2)3)27-18(6)7/h9,12,16-21,27H,10-11,13-15H2,1-8H3,(H,26,30)(H,28,33)(H,29,32)/b12-9+/t19?,20-,21-/m0/s1. The zero-order valence-electron chi connectivity index (χ0n) is 21.8. The van der Waals surface area contributed by atoms with E-state index in [1.165, 1.54) is 6.08 Å². The Labute approximate surface area is 200 Å². The number of unbranched alkanes of at least 4 members (excludes halogenated alkanes) is 1. The topological polar surface area (TPSA) is 116 Å². The van der Waals surface area contributed by atoms with E-state index in [2.05, 4.69) is 21.3 Å². The fourth-order valence-electron chi connectivity index (χ4n) is 3.38. The second-order valence-electron chi connectivity index (χ2n) is 9.64. The average molecular weight is 467 g/mol. The highest BCUT2D eigenvalue weighted by atomic mass is 16.2. The van der Waals surface area contributed by atoms with Crippen LogP contribution in [-0.2, 0) is 19.2 Å². The highest BCUT2D eigenvalue weighted by Crippen LogP contribution is 2.09. The fourth-order valence-corrected chi connectivity index (χ4v) is 3.38. The zero-order chi connectivity index (χ0) is 25.6. The summed E-state index contributed by atoms with van der Waals surface area (Å²) in [5.74, 6) is -0.681. The second kappa shape index (κ2) is 16.4. The first kappa shape index (κ1) is 30.8. The molecular formula is C25H46N4O4. The van der Waals surface area contributed by atoms with Gasteiger partial charge in [0.25, 0.3) is 0 Å². The van der Waals surface area contributed by atoms with Gasteiger partial charge in [-0.05, 0) is 51.5 Å². The molecule has 8 nitrogen and oxygen atoms in total. The largest absolute Gasteiger partial charge is 0.353 e. The molecule has 0 aliphatic heterocycles. The molecule has 8 heteroatoms. The van der Waals surface area contributed by atoms with Gasteiger partial charge in [-0.3, -0.25) is 19.2 Å². The van der Waals surface area contributed by atoms with Crippen molar-refractivity contribution in [1.82, 2.24) is 21.3 Å². The maximum Gasteiger partial charge on any atom is 0.243 e. The summed E-state index contributed by atoms with van der Waals surface area (Å²) in [4.78, 5) is 49.6. The predicted octanol–water partition coefficient (Wildman–Crippen LogP) is 2.48. The minimum Gasteiger partial charge on any atom is -0.353 e. The third kappa shape index (κ3) is 13.8. The number of amides is 3. The summed E-state index contributed by atoms with van der Waals surface area (Å²) < 4.78 is 0. The summed E-state index contributed by atoms with van der Waals surface area (Å²) in [5, 5.41) is 11.6. The molecule has 0 radical (unpaired) electrons. The van der Waals surface area contributed by atoms with Gasteiger partial charge in [0.05, 0.1) is 12.1 Å². The van der Waals surface area contributed by atoms with Crippen molar-refractivity contribution < 1.29 is 19.2 Å². The summed E-state index contributed by atoms with van der Waals surface area (Å²) in [6.45, 7) is 15.6. The van der Waals surface area contributed by atoms with Gasteiger partial charge in [0.15, 0.2) is 5.78 Å². The van der Waals surface area contributed by atoms with E-state index < -0.39 is 12.1 Å². The molecule has 190 valence electrons. The number of ketones is 1. The Morgan fingerprint density at radius 1 is 0.818 bits per heavy atom. The molecule has 0 aromatic rings. The van der Waals surface area contributed by atoms with Crippen molar-refractivity contribution in [3.63, 3.8) is 0 Å². The number of hydrogen-bond acceptors (Lipinski definition) is 5. The molecule has 0 fully saturated rings. The summed E-state index contributed by atoms with van der Waals surface area (Å²) >= 11 is 0. The lowest BCUT2D eigenvalue weighted by molar-refractivity contribution is -0.132. The Kier molecular flexibility index (Phi) is 15.3. The van der Waals surface area contributed by atoms with Crippen molar-refractivity contribution in [1.29, 1.82) is 0 Å². The van der Waals surface area contributed by atoms with Crippen LogP contribution in [0.4, 0.5) is 0 Å². The molecule has 0 rings (SSSR count). The monoisotopic (exact) mass is 466 g/mol. The molecule has 1 unspecified atom stereocenters. The Hall–Kier alpha value is -2.22. The minimum atomic E-state index is -0.760. The van der Waals surface area contributed by atoms with E-state index in [0.29, 0.717) is 38.1 Å². The number of carbonyl (C=O) groups is 4. The summed E-state index contributed by atoms with van der Waals surface area (Å²) in [5.41, 5.74) is 0. The van der Waals surface area contributed by atoms with E-state index >= 15 is 0 Å². The van der Waals surface area contributed by atoms with Crippen LogP contribution in [0.3, 0.4) is 0 Å². The van der Waals surface area contributed by atoms with Gasteiger partial charge < -0.3 is 21.3 Å². The second-order valence-corrected chi connectivity index (χ2v) is 9.64. The Bertz CT molecular complexity index is 649. The van der Waals surface area contributed by atoms with Gasteiger partial charge >= 0.3 is 0 Å². The van der Waals surface area contributed by atoms with Gasteiger partial charge in [0.1, 0.15) is 6.04 Å². The van der Waals surface area contributed by atoms with Gasteiger partial charge in [0.2, 0.25) is 17.7 Å². The number of Topliss-reactive ketones (excluding diaryl/α,β-unsaturated/α-hetero) is 1. The first-order valence-electron chi connectivity index (χ1n) is 12.2. The molecule has 33 heavy (non-hydrogen) atoms. The quantitative estimate of drug-likeness (QED) is 0.206. The molecule has 0 saturated carbocycles. The zero-order valence-corrected chi connectivity index (χ0v) is 21.8. The fraction of sp³-hybridized carbons (Fsp3) is 0.760. The van der Waals surface area contributed by atoms with Crippen molar-refractivity contribution in [2.75, 3.05) is 6.54 Å². The van der Waals surface area contributed by atoms with E-state index in [0.717, 1.165) is 0 Å². The molecule has 0 spiro atoms. The minimum absolute atomic E-state index is 0.0426. The van der Waals surface area contributed by atoms with Crippen LogP contribution in [-0.4, -0.2) is 54.2 Å². The summed E-state index contributed by atoms with van der Waals surface area (Å²) in [6.07, 6.45) is 5.65. The van der Waals surface area contributed by atoms with Crippen LogP contribution in [0.15, 0.2) is 12.2 Å². The summed E-state index contributed by atoms with van der Waals surface area (Å²) in [7, 11) is 0. The highest BCUT2D eigenvalue weighted by molar-refractivity contribution is 5.94. The first-order chi connectivity index (χ1) is 15.4. The van der Waals surface area contributed by atoms with Crippen LogP contribution in [0.5, 0.6) is 0 Å². The molecule has 0 aromatic heterocycles. The Morgan fingerprint density at radius 3 is 1.97 bits per heavy atom. The molecule has 0 heterocycles. The molecule has 4 N–H and O–H groups in total. The summed E-state index contributed by atoms with van der Waals surface area (Å²) in [6, 6.07) is -1.63. The highest BCUT2D eigenvalue weighted by Gasteiger charge is 2.27. The lowest BCUT2D eigenvalue weighted by Gasteiger charge is -2.25. The number of hydrogen-bond donors (Lipinski definition) is 4. The molecule has 3 amide bonds. The van der Waals surface area contributed by atoms with E-state index in [1.807, 2.05) is 27.7 Å². The van der Waals surface area contributed by atoms with Crippen LogP contribution in [0, 0.1) is 11.8 Å². The van der Waals surface area contributed by atoms with E-state index in [9.17, 15) is 19.2 Å². The van der Waals surface area contributed by atoms with Crippen LogP contribution in [0.2, 0.25) is 0 Å². The van der Waals surface area contributed by atoms with Crippen molar-refractivity contribution in [3.8, 4) is 0 Å². The smallest absolute Gasteiger partial charge is 0.243 e. The van der Waals surface area contributed by atoms with Gasteiger partial charge in [-0.25, -0.2) is 0 Å². The number of nitrogens with one attached hydrogen (secondary N) is 4. The maximum atomic E-state index is 12.8.